The largest absolute Gasteiger partial charge is 0.355 e. The number of benzene rings is 3. The van der Waals surface area contributed by atoms with Gasteiger partial charge < -0.3 is 5.32 Å². The molecule has 0 aliphatic carbocycles. The monoisotopic (exact) mass is 401 g/mol. The van der Waals surface area contributed by atoms with E-state index in [1.165, 1.54) is 16.7 Å². The third kappa shape index (κ3) is 4.05. The third-order valence-corrected chi connectivity index (χ3v) is 5.89. The zero-order chi connectivity index (χ0) is 20.4. The minimum absolute atomic E-state index is 0.0862. The fourth-order valence-corrected chi connectivity index (χ4v) is 4.23. The average molecular weight is 402 g/mol. The van der Waals surface area contributed by atoms with Gasteiger partial charge in [0.25, 0.3) is 5.91 Å². The van der Waals surface area contributed by atoms with E-state index in [2.05, 4.69) is 66.2 Å². The molecule has 146 valence electrons. The minimum Gasteiger partial charge on any atom is -0.355 e. The molecular formula is C24H23N3OS. The molecule has 0 saturated carbocycles. The molecule has 1 aromatic heterocycles. The third-order valence-electron chi connectivity index (χ3n) is 4.88. The molecule has 0 unspecified atom stereocenters. The van der Waals surface area contributed by atoms with Crippen molar-refractivity contribution in [3.63, 3.8) is 0 Å². The SMILES string of the molecule is CNC(=O)c1ccc(-n2c(SCc3ccc(C)cc3)nc3ccc(C)cc32)cc1. The molecule has 0 aliphatic heterocycles. The van der Waals surface area contributed by atoms with E-state index in [1.807, 2.05) is 24.3 Å². The normalized spacial score (nSPS) is 11.0. The molecule has 0 radical (unpaired) electrons. The smallest absolute Gasteiger partial charge is 0.251 e. The number of aromatic nitrogens is 2. The number of nitrogens with zero attached hydrogens (tertiary/aromatic N) is 2. The van der Waals surface area contributed by atoms with Crippen LogP contribution in [0.15, 0.2) is 71.9 Å². The molecule has 0 atom stereocenters. The van der Waals surface area contributed by atoms with Crippen LogP contribution in [0.5, 0.6) is 0 Å². The summed E-state index contributed by atoms with van der Waals surface area (Å²) in [5.41, 5.74) is 7.41. The van der Waals surface area contributed by atoms with Gasteiger partial charge in [-0.05, 0) is 61.4 Å². The summed E-state index contributed by atoms with van der Waals surface area (Å²) in [5.74, 6) is 0.760. The van der Waals surface area contributed by atoms with Gasteiger partial charge in [-0.1, -0.05) is 47.7 Å². The van der Waals surface area contributed by atoms with Crippen molar-refractivity contribution in [2.24, 2.45) is 0 Å². The van der Waals surface area contributed by atoms with Gasteiger partial charge in [-0.3, -0.25) is 9.36 Å². The van der Waals surface area contributed by atoms with Crippen LogP contribution in [0.2, 0.25) is 0 Å². The van der Waals surface area contributed by atoms with Crippen molar-refractivity contribution in [1.82, 2.24) is 14.9 Å². The molecule has 4 rings (SSSR count). The van der Waals surface area contributed by atoms with Crippen LogP contribution in [0.3, 0.4) is 0 Å². The quantitative estimate of drug-likeness (QED) is 0.462. The number of amides is 1. The van der Waals surface area contributed by atoms with Crippen LogP contribution in [0, 0.1) is 13.8 Å². The van der Waals surface area contributed by atoms with Gasteiger partial charge in [0.05, 0.1) is 11.0 Å². The van der Waals surface area contributed by atoms with Crippen molar-refractivity contribution >= 4 is 28.7 Å². The van der Waals surface area contributed by atoms with Gasteiger partial charge in [0.2, 0.25) is 0 Å². The van der Waals surface area contributed by atoms with E-state index >= 15 is 0 Å². The van der Waals surface area contributed by atoms with Crippen molar-refractivity contribution in [1.29, 1.82) is 0 Å². The minimum atomic E-state index is -0.0862. The second kappa shape index (κ2) is 8.13. The summed E-state index contributed by atoms with van der Waals surface area (Å²) in [5, 5.41) is 3.61. The van der Waals surface area contributed by atoms with Gasteiger partial charge in [-0.2, -0.15) is 0 Å². The zero-order valence-electron chi connectivity index (χ0n) is 16.8. The predicted octanol–water partition coefficient (Wildman–Crippen LogP) is 5.29. The lowest BCUT2D eigenvalue weighted by molar-refractivity contribution is 0.0963. The number of nitrogens with one attached hydrogen (secondary N) is 1. The fourth-order valence-electron chi connectivity index (χ4n) is 3.25. The molecule has 1 amide bonds. The zero-order valence-corrected chi connectivity index (χ0v) is 17.6. The second-order valence-corrected chi connectivity index (χ2v) is 8.06. The molecule has 0 saturated heterocycles. The number of aryl methyl sites for hydroxylation is 2. The Morgan fingerprint density at radius 1 is 0.966 bits per heavy atom. The van der Waals surface area contributed by atoms with Crippen LogP contribution >= 0.6 is 11.8 Å². The van der Waals surface area contributed by atoms with E-state index < -0.39 is 0 Å². The number of hydrogen-bond donors (Lipinski definition) is 1. The van der Waals surface area contributed by atoms with Crippen LogP contribution in [-0.2, 0) is 5.75 Å². The van der Waals surface area contributed by atoms with Crippen molar-refractivity contribution in [2.45, 2.75) is 24.8 Å². The molecule has 4 aromatic rings. The van der Waals surface area contributed by atoms with Crippen molar-refractivity contribution in [2.75, 3.05) is 7.05 Å². The number of carbonyl (C=O) groups excluding carboxylic acids is 1. The maximum Gasteiger partial charge on any atom is 0.251 e. The van der Waals surface area contributed by atoms with Gasteiger partial charge in [0.15, 0.2) is 5.16 Å². The van der Waals surface area contributed by atoms with E-state index in [1.54, 1.807) is 18.8 Å². The Morgan fingerprint density at radius 2 is 1.66 bits per heavy atom. The maximum absolute atomic E-state index is 11.9. The first-order chi connectivity index (χ1) is 14.0. The first-order valence-electron chi connectivity index (χ1n) is 9.55. The van der Waals surface area contributed by atoms with Crippen molar-refractivity contribution < 1.29 is 4.79 Å². The Hall–Kier alpha value is -3.05. The Morgan fingerprint density at radius 3 is 2.34 bits per heavy atom. The molecule has 0 bridgehead atoms. The van der Waals surface area contributed by atoms with Crippen LogP contribution in [-0.4, -0.2) is 22.5 Å². The number of thioether (sulfide) groups is 1. The molecule has 1 heterocycles. The van der Waals surface area contributed by atoms with Crippen LogP contribution in [0.25, 0.3) is 16.7 Å². The Labute approximate surface area is 175 Å². The van der Waals surface area contributed by atoms with E-state index in [0.29, 0.717) is 5.56 Å². The van der Waals surface area contributed by atoms with Crippen molar-refractivity contribution in [3.8, 4) is 5.69 Å². The fraction of sp³-hybridized carbons (Fsp3) is 0.167. The van der Waals surface area contributed by atoms with Gasteiger partial charge in [0.1, 0.15) is 0 Å². The maximum atomic E-state index is 11.9. The molecule has 0 aliphatic rings. The predicted molar refractivity (Wildman–Crippen MR) is 120 cm³/mol. The number of hydrogen-bond acceptors (Lipinski definition) is 3. The summed E-state index contributed by atoms with van der Waals surface area (Å²) >= 11 is 1.72. The highest BCUT2D eigenvalue weighted by Crippen LogP contribution is 2.30. The standard InChI is InChI=1S/C24H23N3OS/c1-16-4-7-18(8-5-16)15-29-24-26-21-13-6-17(2)14-22(21)27(24)20-11-9-19(10-12-20)23(28)25-3/h4-14H,15H2,1-3H3,(H,25,28). The van der Waals surface area contributed by atoms with E-state index in [9.17, 15) is 4.79 Å². The van der Waals surface area contributed by atoms with Crippen LogP contribution in [0.1, 0.15) is 27.0 Å². The van der Waals surface area contributed by atoms with Gasteiger partial charge in [0, 0.05) is 24.1 Å². The lowest BCUT2D eigenvalue weighted by Crippen LogP contribution is -2.17. The van der Waals surface area contributed by atoms with Crippen LogP contribution in [0.4, 0.5) is 0 Å². The molecule has 1 N–H and O–H groups in total. The second-order valence-electron chi connectivity index (χ2n) is 7.12. The summed E-state index contributed by atoms with van der Waals surface area (Å²) in [4.78, 5) is 16.8. The topological polar surface area (TPSA) is 46.9 Å². The summed E-state index contributed by atoms with van der Waals surface area (Å²) in [6.45, 7) is 4.19. The molecule has 0 fully saturated rings. The van der Waals surface area contributed by atoms with Crippen molar-refractivity contribution in [3.05, 3.63) is 89.0 Å². The molecule has 0 spiro atoms. The van der Waals surface area contributed by atoms with Gasteiger partial charge in [-0.25, -0.2) is 4.98 Å². The summed E-state index contributed by atoms with van der Waals surface area (Å²) in [6.07, 6.45) is 0. The van der Waals surface area contributed by atoms with E-state index in [4.69, 9.17) is 4.98 Å². The van der Waals surface area contributed by atoms with Gasteiger partial charge in [-0.15, -0.1) is 0 Å². The lowest BCUT2D eigenvalue weighted by Gasteiger charge is -2.10. The highest BCUT2D eigenvalue weighted by atomic mass is 32.2. The average Bonchev–Trinajstić information content (AvgIpc) is 3.10. The Kier molecular flexibility index (Phi) is 5.41. The number of rotatable bonds is 5. The van der Waals surface area contributed by atoms with Crippen LogP contribution < -0.4 is 5.32 Å². The summed E-state index contributed by atoms with van der Waals surface area (Å²) < 4.78 is 2.18. The Balaban J connectivity index is 1.74. The first-order valence-corrected chi connectivity index (χ1v) is 10.5. The number of carbonyl (C=O) groups is 1. The summed E-state index contributed by atoms with van der Waals surface area (Å²) in [6, 6.07) is 22.6. The molecule has 29 heavy (non-hydrogen) atoms. The number of fused-ring (bicyclic) bond motifs is 1. The molecule has 5 heteroatoms. The summed E-state index contributed by atoms with van der Waals surface area (Å²) in [7, 11) is 1.64. The molecule has 3 aromatic carbocycles. The van der Waals surface area contributed by atoms with E-state index in [0.717, 1.165) is 27.6 Å². The molecule has 4 nitrogen and oxygen atoms in total. The lowest BCUT2D eigenvalue weighted by atomic mass is 10.2. The van der Waals surface area contributed by atoms with E-state index in [-0.39, 0.29) is 5.91 Å². The Bertz CT molecular complexity index is 1160. The highest BCUT2D eigenvalue weighted by Gasteiger charge is 2.14. The highest BCUT2D eigenvalue weighted by molar-refractivity contribution is 7.98. The first kappa shape index (κ1) is 19.3. The molecular weight excluding hydrogens is 378 g/mol. The van der Waals surface area contributed by atoms with Gasteiger partial charge >= 0.3 is 0 Å². The number of imidazole rings is 1.